The van der Waals surface area contributed by atoms with Crippen LogP contribution in [-0.2, 0) is 11.3 Å². The lowest BCUT2D eigenvalue weighted by Gasteiger charge is -2.19. The van der Waals surface area contributed by atoms with Gasteiger partial charge in [-0.15, -0.1) is 0 Å². The molecule has 0 radical (unpaired) electrons. The van der Waals surface area contributed by atoms with E-state index in [1.165, 1.54) is 0 Å². The summed E-state index contributed by atoms with van der Waals surface area (Å²) in [4.78, 5) is 24.8. The molecule has 2 aromatic heterocycles. The smallest absolute Gasteiger partial charge is 0.413 e. The lowest BCUT2D eigenvalue weighted by atomic mass is 10.1. The van der Waals surface area contributed by atoms with E-state index in [4.69, 9.17) is 19.5 Å². The molecule has 0 saturated carbocycles. The quantitative estimate of drug-likeness (QED) is 0.248. The number of ether oxygens (including phenoxy) is 3. The highest BCUT2D eigenvalue weighted by molar-refractivity contribution is 5.83. The molecular weight excluding hydrogens is 508 g/mol. The van der Waals surface area contributed by atoms with E-state index in [2.05, 4.69) is 31.7 Å². The van der Waals surface area contributed by atoms with Crippen molar-refractivity contribution in [2.75, 3.05) is 10.6 Å². The van der Waals surface area contributed by atoms with E-state index in [9.17, 15) is 4.79 Å². The number of nitrogens with one attached hydrogen (secondary N) is 2. The molecule has 0 spiro atoms. The van der Waals surface area contributed by atoms with Crippen LogP contribution >= 0.6 is 0 Å². The third-order valence-electron chi connectivity index (χ3n) is 5.40. The molecule has 4 rings (SSSR count). The molecule has 0 atom stereocenters. The second-order valence-corrected chi connectivity index (χ2v) is 9.99. The molecule has 4 aromatic rings. The van der Waals surface area contributed by atoms with Gasteiger partial charge in [-0.1, -0.05) is 0 Å². The summed E-state index contributed by atoms with van der Waals surface area (Å²) in [7, 11) is 0. The van der Waals surface area contributed by atoms with Gasteiger partial charge >= 0.3 is 6.09 Å². The van der Waals surface area contributed by atoms with Gasteiger partial charge in [0.25, 0.3) is 0 Å². The Bertz CT molecular complexity index is 1500. The number of pyridine rings is 1. The highest BCUT2D eigenvalue weighted by Gasteiger charge is 2.16. The van der Waals surface area contributed by atoms with Crippen molar-refractivity contribution in [1.29, 1.82) is 5.26 Å². The van der Waals surface area contributed by atoms with Crippen LogP contribution in [-0.4, -0.2) is 26.6 Å². The minimum absolute atomic E-state index is 0.328. The van der Waals surface area contributed by atoms with E-state index < -0.39 is 11.7 Å². The predicted molar refractivity (Wildman–Crippen MR) is 151 cm³/mol. The van der Waals surface area contributed by atoms with Crippen LogP contribution in [0.15, 0.2) is 67.0 Å². The Hall–Kier alpha value is -5.17. The van der Waals surface area contributed by atoms with E-state index in [0.29, 0.717) is 41.3 Å². The maximum atomic E-state index is 11.9. The fourth-order valence-corrected chi connectivity index (χ4v) is 3.72. The lowest BCUT2D eigenvalue weighted by molar-refractivity contribution is 0.0635. The number of carbonyl (C=O) groups is 1. The number of aromatic nitrogens is 3. The Balaban J connectivity index is 1.36. The Kier molecular flexibility index (Phi) is 8.45. The van der Waals surface area contributed by atoms with Crippen molar-refractivity contribution in [3.8, 4) is 23.4 Å². The molecule has 0 aliphatic rings. The van der Waals surface area contributed by atoms with Crippen LogP contribution in [0.5, 0.6) is 17.4 Å². The predicted octanol–water partition coefficient (Wildman–Crippen LogP) is 6.82. The van der Waals surface area contributed by atoms with E-state index >= 15 is 0 Å². The fourth-order valence-electron chi connectivity index (χ4n) is 3.72. The van der Waals surface area contributed by atoms with Crippen molar-refractivity contribution in [3.63, 3.8) is 0 Å². The molecule has 10 nitrogen and oxygen atoms in total. The van der Waals surface area contributed by atoms with Crippen molar-refractivity contribution in [2.45, 2.75) is 46.8 Å². The molecular formula is C30H30N6O4. The molecule has 0 aliphatic carbocycles. The molecule has 10 heteroatoms. The third-order valence-corrected chi connectivity index (χ3v) is 5.40. The summed E-state index contributed by atoms with van der Waals surface area (Å²) < 4.78 is 17.2. The standard InChI is InChI=1S/C30H30N6O4/c1-19-14-22(18-38-24-10-11-25(33-17-24)35-29(37)40-30(3,4)5)15-20(2)27(19)39-26-12-13-32-28(36-26)34-23-8-6-21(16-31)7-9-23/h6-15,17H,18H2,1-5H3,(H,32,34,36)(H,33,35,37). The molecule has 2 aromatic carbocycles. The fraction of sp³-hybridized carbons (Fsp3) is 0.233. The minimum Gasteiger partial charge on any atom is -0.487 e. The molecule has 2 N–H and O–H groups in total. The first-order valence-electron chi connectivity index (χ1n) is 12.5. The van der Waals surface area contributed by atoms with Crippen LogP contribution in [0.1, 0.15) is 43.0 Å². The first-order chi connectivity index (χ1) is 19.1. The Morgan fingerprint density at radius 3 is 2.35 bits per heavy atom. The molecule has 0 bridgehead atoms. The summed E-state index contributed by atoms with van der Waals surface area (Å²) in [5, 5.41) is 14.7. The van der Waals surface area contributed by atoms with Gasteiger partial charge in [0.2, 0.25) is 11.8 Å². The first kappa shape index (κ1) is 27.9. The Morgan fingerprint density at radius 2 is 1.73 bits per heavy atom. The van der Waals surface area contributed by atoms with E-state index in [1.54, 1.807) is 75.6 Å². The largest absolute Gasteiger partial charge is 0.487 e. The van der Waals surface area contributed by atoms with Gasteiger partial charge in [0.05, 0.1) is 17.8 Å². The van der Waals surface area contributed by atoms with Gasteiger partial charge in [-0.3, -0.25) is 5.32 Å². The van der Waals surface area contributed by atoms with Gasteiger partial charge in [-0.25, -0.2) is 14.8 Å². The number of aryl methyl sites for hydroxylation is 2. The maximum absolute atomic E-state index is 11.9. The van der Waals surface area contributed by atoms with Crippen molar-refractivity contribution in [2.24, 2.45) is 0 Å². The molecule has 40 heavy (non-hydrogen) atoms. The topological polar surface area (TPSA) is 131 Å². The third kappa shape index (κ3) is 7.91. The van der Waals surface area contributed by atoms with Crippen LogP contribution in [0.25, 0.3) is 0 Å². The van der Waals surface area contributed by atoms with E-state index in [-0.39, 0.29) is 0 Å². The highest BCUT2D eigenvalue weighted by atomic mass is 16.6. The van der Waals surface area contributed by atoms with Crippen LogP contribution < -0.4 is 20.1 Å². The number of anilines is 3. The summed E-state index contributed by atoms with van der Waals surface area (Å²) in [5.74, 6) is 2.41. The van der Waals surface area contributed by atoms with E-state index in [1.807, 2.05) is 26.0 Å². The summed E-state index contributed by atoms with van der Waals surface area (Å²) in [5.41, 5.74) is 3.56. The normalized spacial score (nSPS) is 10.8. The number of carbonyl (C=O) groups excluding carboxylic acids is 1. The number of rotatable bonds is 8. The van der Waals surface area contributed by atoms with Crippen molar-refractivity contribution >= 4 is 23.5 Å². The molecule has 0 aliphatic heterocycles. The van der Waals surface area contributed by atoms with Gasteiger partial charge in [0, 0.05) is 18.0 Å². The number of nitrogens with zero attached hydrogens (tertiary/aromatic N) is 4. The first-order valence-corrected chi connectivity index (χ1v) is 12.5. The van der Waals surface area contributed by atoms with Crippen LogP contribution in [0, 0.1) is 25.2 Å². The zero-order valence-corrected chi connectivity index (χ0v) is 23.0. The minimum atomic E-state index is -0.591. The summed E-state index contributed by atoms with van der Waals surface area (Å²) in [6.45, 7) is 9.63. The maximum Gasteiger partial charge on any atom is 0.413 e. The lowest BCUT2D eigenvalue weighted by Crippen LogP contribution is -2.27. The summed E-state index contributed by atoms with van der Waals surface area (Å²) in [6.07, 6.45) is 2.59. The molecule has 2 heterocycles. The van der Waals surface area contributed by atoms with Gasteiger partial charge in [0.15, 0.2) is 0 Å². The molecule has 0 fully saturated rings. The van der Waals surface area contributed by atoms with Crippen LogP contribution in [0.2, 0.25) is 0 Å². The number of hydrogen-bond donors (Lipinski definition) is 2. The zero-order valence-electron chi connectivity index (χ0n) is 23.0. The summed E-state index contributed by atoms with van der Waals surface area (Å²) >= 11 is 0. The van der Waals surface area contributed by atoms with Crippen LogP contribution in [0.4, 0.5) is 22.2 Å². The number of benzene rings is 2. The average Bonchev–Trinajstić information content (AvgIpc) is 2.90. The van der Waals surface area contributed by atoms with Crippen molar-refractivity contribution in [1.82, 2.24) is 15.0 Å². The summed E-state index contributed by atoms with van der Waals surface area (Å²) in [6, 6.07) is 18.2. The second-order valence-electron chi connectivity index (χ2n) is 9.99. The van der Waals surface area contributed by atoms with E-state index in [0.717, 1.165) is 22.4 Å². The molecule has 0 saturated heterocycles. The van der Waals surface area contributed by atoms with Gasteiger partial charge in [-0.05, 0) is 99.8 Å². The molecule has 1 amide bonds. The van der Waals surface area contributed by atoms with Crippen LogP contribution in [0.3, 0.4) is 0 Å². The van der Waals surface area contributed by atoms with Gasteiger partial charge < -0.3 is 19.5 Å². The molecule has 0 unspecified atom stereocenters. The van der Waals surface area contributed by atoms with Gasteiger partial charge in [-0.2, -0.15) is 10.2 Å². The zero-order chi connectivity index (χ0) is 28.7. The Labute approximate surface area is 233 Å². The monoisotopic (exact) mass is 538 g/mol. The van der Waals surface area contributed by atoms with Gasteiger partial charge in [0.1, 0.15) is 29.5 Å². The number of nitriles is 1. The highest BCUT2D eigenvalue weighted by Crippen LogP contribution is 2.30. The number of hydrogen-bond acceptors (Lipinski definition) is 9. The second kappa shape index (κ2) is 12.1. The average molecular weight is 539 g/mol. The Morgan fingerprint density at radius 1 is 1.00 bits per heavy atom. The van der Waals surface area contributed by atoms with Crippen molar-refractivity contribution in [3.05, 3.63) is 89.2 Å². The SMILES string of the molecule is Cc1cc(COc2ccc(NC(=O)OC(C)(C)C)nc2)cc(C)c1Oc1ccnc(Nc2ccc(C#N)cc2)n1. The number of amides is 1. The van der Waals surface area contributed by atoms with Crippen molar-refractivity contribution < 1.29 is 19.0 Å². The molecule has 204 valence electrons.